The molecule has 0 aromatic heterocycles. The van der Waals surface area contributed by atoms with Crippen LogP contribution in [-0.4, -0.2) is 16.9 Å². The Balaban J connectivity index is 1.52. The highest BCUT2D eigenvalue weighted by Gasteiger charge is 2.55. The summed E-state index contributed by atoms with van der Waals surface area (Å²) in [5.41, 5.74) is 1.82. The number of carboxylic acid groups (broad SMARTS) is 1. The van der Waals surface area contributed by atoms with Gasteiger partial charge in [-0.1, -0.05) is 12.5 Å². The van der Waals surface area contributed by atoms with E-state index in [0.29, 0.717) is 29.5 Å². The maximum atomic E-state index is 11.8. The molecule has 0 amide bonds. The first-order valence-corrected chi connectivity index (χ1v) is 9.94. The summed E-state index contributed by atoms with van der Waals surface area (Å²) in [6.07, 6.45) is 12.5. The monoisotopic (exact) mass is 330 g/mol. The van der Waals surface area contributed by atoms with Crippen molar-refractivity contribution in [1.29, 1.82) is 0 Å². The zero-order chi connectivity index (χ0) is 16.9. The van der Waals surface area contributed by atoms with Gasteiger partial charge >= 0.3 is 5.97 Å². The summed E-state index contributed by atoms with van der Waals surface area (Å²) >= 11 is 0. The number of carboxylic acids is 1. The third-order valence-electron chi connectivity index (χ3n) is 8.20. The van der Waals surface area contributed by atoms with Gasteiger partial charge in [0.05, 0.1) is 0 Å². The third kappa shape index (κ3) is 2.55. The smallest absolute Gasteiger partial charge is 0.303 e. The van der Waals surface area contributed by atoms with Crippen LogP contribution in [0.2, 0.25) is 0 Å². The van der Waals surface area contributed by atoms with Gasteiger partial charge in [-0.25, -0.2) is 0 Å². The Morgan fingerprint density at radius 3 is 2.79 bits per heavy atom. The highest BCUT2D eigenvalue weighted by Crippen LogP contribution is 2.64. The molecule has 3 nitrogen and oxygen atoms in total. The lowest BCUT2D eigenvalue weighted by atomic mass is 9.51. The largest absolute Gasteiger partial charge is 0.481 e. The molecule has 5 unspecified atom stereocenters. The zero-order valence-corrected chi connectivity index (χ0v) is 14.8. The first-order chi connectivity index (χ1) is 11.5. The van der Waals surface area contributed by atoms with Crippen molar-refractivity contribution >= 4 is 11.8 Å². The number of carbonyl (C=O) groups excluding carboxylic acids is 1. The first kappa shape index (κ1) is 16.4. The summed E-state index contributed by atoms with van der Waals surface area (Å²) in [4.78, 5) is 22.8. The van der Waals surface area contributed by atoms with Crippen LogP contribution in [0.5, 0.6) is 0 Å². The van der Waals surface area contributed by atoms with Gasteiger partial charge in [-0.2, -0.15) is 0 Å². The number of ketones is 1. The van der Waals surface area contributed by atoms with Crippen molar-refractivity contribution in [2.45, 2.75) is 71.1 Å². The second kappa shape index (κ2) is 6.00. The molecule has 0 aromatic carbocycles. The molecule has 1 N–H and O–H groups in total. The molecule has 0 radical (unpaired) electrons. The molecule has 0 saturated heterocycles. The molecule has 4 rings (SSSR count). The Hall–Kier alpha value is -1.12. The molecule has 0 spiro atoms. The van der Waals surface area contributed by atoms with E-state index in [-0.39, 0.29) is 0 Å². The van der Waals surface area contributed by atoms with E-state index in [4.69, 9.17) is 5.11 Å². The van der Waals surface area contributed by atoms with Gasteiger partial charge in [-0.05, 0) is 92.4 Å². The normalized spacial score (nSPS) is 44.3. The highest BCUT2D eigenvalue weighted by atomic mass is 16.4. The average Bonchev–Trinajstić information content (AvgIpc) is 2.89. The van der Waals surface area contributed by atoms with E-state index in [1.165, 1.54) is 37.7 Å². The molecule has 0 aromatic rings. The lowest BCUT2D eigenvalue weighted by Gasteiger charge is -2.54. The van der Waals surface area contributed by atoms with Crippen LogP contribution in [0.4, 0.5) is 0 Å². The van der Waals surface area contributed by atoms with Crippen molar-refractivity contribution in [2.24, 2.45) is 35.0 Å². The lowest BCUT2D eigenvalue weighted by Crippen LogP contribution is -2.46. The minimum atomic E-state index is -0.643. The van der Waals surface area contributed by atoms with Gasteiger partial charge in [-0.3, -0.25) is 9.59 Å². The fraction of sp³-hybridized carbons (Fsp3) is 0.810. The number of aliphatic carboxylic acids is 1. The fourth-order valence-corrected chi connectivity index (χ4v) is 7.06. The zero-order valence-electron chi connectivity index (χ0n) is 14.8. The minimum absolute atomic E-state index is 0.332. The summed E-state index contributed by atoms with van der Waals surface area (Å²) in [6, 6.07) is 0. The number of fused-ring (bicyclic) bond motifs is 5. The number of hydrogen-bond donors (Lipinski definition) is 1. The molecule has 3 fully saturated rings. The first-order valence-electron chi connectivity index (χ1n) is 9.94. The van der Waals surface area contributed by atoms with Crippen molar-refractivity contribution in [2.75, 3.05) is 0 Å². The van der Waals surface area contributed by atoms with Crippen LogP contribution in [0.15, 0.2) is 11.6 Å². The summed E-state index contributed by atoms with van der Waals surface area (Å²) in [5, 5.41) is 9.06. The predicted molar refractivity (Wildman–Crippen MR) is 92.5 cm³/mol. The van der Waals surface area contributed by atoms with E-state index in [1.807, 2.05) is 6.08 Å². The molecular weight excluding hydrogens is 300 g/mol. The summed E-state index contributed by atoms with van der Waals surface area (Å²) < 4.78 is 0. The molecule has 3 saturated carbocycles. The van der Waals surface area contributed by atoms with Crippen LogP contribution in [0, 0.1) is 35.0 Å². The number of carbonyl (C=O) groups is 2. The van der Waals surface area contributed by atoms with Gasteiger partial charge in [0.2, 0.25) is 0 Å². The Labute approximate surface area is 144 Å². The van der Waals surface area contributed by atoms with Gasteiger partial charge in [-0.15, -0.1) is 0 Å². The average molecular weight is 330 g/mol. The van der Waals surface area contributed by atoms with E-state index in [1.54, 1.807) is 0 Å². The van der Waals surface area contributed by atoms with E-state index < -0.39 is 5.97 Å². The Morgan fingerprint density at radius 1 is 1.17 bits per heavy atom. The molecule has 4 aliphatic rings. The molecule has 24 heavy (non-hydrogen) atoms. The Morgan fingerprint density at radius 2 is 2.00 bits per heavy atom. The fourth-order valence-electron chi connectivity index (χ4n) is 7.06. The molecule has 4 aliphatic carbocycles. The molecular formula is C21H30O3. The van der Waals surface area contributed by atoms with Crippen LogP contribution >= 0.6 is 0 Å². The van der Waals surface area contributed by atoms with Crippen molar-refractivity contribution in [1.82, 2.24) is 0 Å². The van der Waals surface area contributed by atoms with E-state index in [0.717, 1.165) is 43.4 Å². The van der Waals surface area contributed by atoms with Gasteiger partial charge in [0.1, 0.15) is 0 Å². The standard InChI is InChI=1S/C21H30O3/c1-21-11-10-17-16-7-5-15(22)12-13(16)2-6-18(17)19(21)8-3-14(21)4-9-20(23)24/h12,14,16-19H,2-11H2,1H3,(H,23,24)/t14-,16?,17?,18?,19?,21?/m0/s1. The Kier molecular flexibility index (Phi) is 4.09. The predicted octanol–water partition coefficient (Wildman–Crippen LogP) is 4.61. The van der Waals surface area contributed by atoms with Crippen LogP contribution < -0.4 is 0 Å². The van der Waals surface area contributed by atoms with Crippen molar-refractivity contribution < 1.29 is 14.7 Å². The van der Waals surface area contributed by atoms with E-state index in [9.17, 15) is 9.59 Å². The second-order valence-corrected chi connectivity index (χ2v) is 9.05. The van der Waals surface area contributed by atoms with E-state index in [2.05, 4.69) is 6.92 Å². The van der Waals surface area contributed by atoms with Crippen LogP contribution in [-0.2, 0) is 9.59 Å². The molecule has 0 heterocycles. The van der Waals surface area contributed by atoms with Gasteiger partial charge in [0.25, 0.3) is 0 Å². The second-order valence-electron chi connectivity index (χ2n) is 9.05. The van der Waals surface area contributed by atoms with Crippen molar-refractivity contribution in [3.63, 3.8) is 0 Å². The third-order valence-corrected chi connectivity index (χ3v) is 8.20. The van der Waals surface area contributed by atoms with Crippen LogP contribution in [0.1, 0.15) is 71.1 Å². The molecule has 0 aliphatic heterocycles. The molecule has 132 valence electrons. The van der Waals surface area contributed by atoms with E-state index >= 15 is 0 Å². The summed E-state index contributed by atoms with van der Waals surface area (Å²) in [6.45, 7) is 2.46. The summed E-state index contributed by atoms with van der Waals surface area (Å²) in [7, 11) is 0. The van der Waals surface area contributed by atoms with Crippen molar-refractivity contribution in [3.8, 4) is 0 Å². The number of allylic oxidation sites excluding steroid dienone is 1. The minimum Gasteiger partial charge on any atom is -0.481 e. The topological polar surface area (TPSA) is 54.4 Å². The number of rotatable bonds is 3. The van der Waals surface area contributed by atoms with Crippen molar-refractivity contribution in [3.05, 3.63) is 11.6 Å². The quantitative estimate of drug-likeness (QED) is 0.822. The lowest BCUT2D eigenvalue weighted by molar-refractivity contribution is -0.137. The maximum Gasteiger partial charge on any atom is 0.303 e. The molecule has 6 atom stereocenters. The van der Waals surface area contributed by atoms with Gasteiger partial charge in [0.15, 0.2) is 5.78 Å². The van der Waals surface area contributed by atoms with Gasteiger partial charge < -0.3 is 5.11 Å². The molecule has 3 heteroatoms. The number of hydrogen-bond acceptors (Lipinski definition) is 2. The summed E-state index contributed by atoms with van der Waals surface area (Å²) in [5.74, 6) is 3.36. The van der Waals surface area contributed by atoms with Gasteiger partial charge in [0, 0.05) is 12.8 Å². The maximum absolute atomic E-state index is 11.8. The highest BCUT2D eigenvalue weighted by molar-refractivity contribution is 5.91. The van der Waals surface area contributed by atoms with Crippen LogP contribution in [0.25, 0.3) is 0 Å². The van der Waals surface area contributed by atoms with Crippen LogP contribution in [0.3, 0.4) is 0 Å². The SMILES string of the molecule is CC12CCC3C4CCC(=O)C=C4CCC3C1CC[C@H]2CCC(=O)O. The molecule has 0 bridgehead atoms. The Bertz CT molecular complexity index is 578.